The summed E-state index contributed by atoms with van der Waals surface area (Å²) >= 11 is 4.98. The Kier molecular flexibility index (Phi) is 10.0. The first-order valence-electron chi connectivity index (χ1n) is 13.5. The van der Waals surface area contributed by atoms with Crippen LogP contribution in [0.3, 0.4) is 0 Å². The molecule has 4 aromatic carbocycles. The second kappa shape index (κ2) is 14.5. The number of carbonyl (C=O) groups excluding carboxylic acids is 2. The molecule has 1 aromatic heterocycles. The van der Waals surface area contributed by atoms with Crippen LogP contribution in [0.5, 0.6) is 11.5 Å². The first-order valence-corrected chi connectivity index (χ1v) is 15.1. The monoisotopic (exact) mass is 669 g/mol. The third kappa shape index (κ3) is 7.88. The van der Waals surface area contributed by atoms with Crippen molar-refractivity contribution in [3.63, 3.8) is 0 Å². The third-order valence-electron chi connectivity index (χ3n) is 6.37. The number of nitrogens with one attached hydrogen (secondary N) is 3. The number of anilines is 3. The first-order chi connectivity index (χ1) is 21.4. The van der Waals surface area contributed by atoms with E-state index in [0.29, 0.717) is 27.1 Å². The number of aromatic nitrogens is 1. The highest BCUT2D eigenvalue weighted by Crippen LogP contribution is 2.36. The highest BCUT2D eigenvalue weighted by atomic mass is 79.9. The molecule has 0 unspecified atom stereocenters. The number of thiazole rings is 1. The second-order valence-corrected chi connectivity index (χ2v) is 11.2. The molecule has 0 atom stereocenters. The number of benzene rings is 4. The highest BCUT2D eigenvalue weighted by Gasteiger charge is 2.14. The highest BCUT2D eigenvalue weighted by molar-refractivity contribution is 9.10. The molecule has 9 nitrogen and oxygen atoms in total. The topological polar surface area (TPSA) is 114 Å². The molecule has 0 spiro atoms. The Morgan fingerprint density at radius 2 is 1.75 bits per heavy atom. The summed E-state index contributed by atoms with van der Waals surface area (Å²) in [5.41, 5.74) is 8.00. The molecule has 222 valence electrons. The normalized spacial score (nSPS) is 10.8. The fourth-order valence-electron chi connectivity index (χ4n) is 4.12. The van der Waals surface area contributed by atoms with E-state index in [1.54, 1.807) is 24.3 Å². The summed E-state index contributed by atoms with van der Waals surface area (Å²) in [7, 11) is 1.50. The lowest BCUT2D eigenvalue weighted by Crippen LogP contribution is -2.21. The van der Waals surface area contributed by atoms with Gasteiger partial charge in [0.2, 0.25) is 0 Å². The number of hydrogen-bond donors (Lipinski definition) is 3. The SMILES string of the molecule is COc1cc(/C=N/NC(=O)c2ccc(-c3csc(Nc4ccccc4)n3)cc2)cc(Br)c1OCC(=O)Nc1ccccc1C. The average Bonchev–Trinajstić information content (AvgIpc) is 3.50. The molecule has 5 rings (SSSR count). The Bertz CT molecular complexity index is 1790. The molecule has 0 bridgehead atoms. The van der Waals surface area contributed by atoms with Gasteiger partial charge in [0.25, 0.3) is 11.8 Å². The van der Waals surface area contributed by atoms with E-state index < -0.39 is 0 Å². The van der Waals surface area contributed by atoms with E-state index in [4.69, 9.17) is 9.47 Å². The average molecular weight is 671 g/mol. The van der Waals surface area contributed by atoms with Gasteiger partial charge >= 0.3 is 0 Å². The molecule has 1 heterocycles. The number of hydrazone groups is 1. The molecular formula is C33H28BrN5O4S. The Morgan fingerprint density at radius 1 is 1.00 bits per heavy atom. The summed E-state index contributed by atoms with van der Waals surface area (Å²) in [6, 6.07) is 27.9. The maximum atomic E-state index is 12.7. The van der Waals surface area contributed by atoms with Crippen LogP contribution in [0.1, 0.15) is 21.5 Å². The van der Waals surface area contributed by atoms with E-state index in [-0.39, 0.29) is 18.4 Å². The van der Waals surface area contributed by atoms with E-state index in [0.717, 1.165) is 33.3 Å². The minimum atomic E-state index is -0.358. The zero-order valence-corrected chi connectivity index (χ0v) is 26.2. The number of halogens is 1. The number of hydrogen-bond acceptors (Lipinski definition) is 8. The molecule has 44 heavy (non-hydrogen) atoms. The largest absolute Gasteiger partial charge is 0.493 e. The van der Waals surface area contributed by atoms with Crippen LogP contribution in [-0.4, -0.2) is 36.7 Å². The van der Waals surface area contributed by atoms with Crippen molar-refractivity contribution in [2.45, 2.75) is 6.92 Å². The van der Waals surface area contributed by atoms with Gasteiger partial charge < -0.3 is 20.1 Å². The van der Waals surface area contributed by atoms with Crippen molar-refractivity contribution >= 4 is 61.8 Å². The molecule has 0 fully saturated rings. The molecule has 3 N–H and O–H groups in total. The summed E-state index contributed by atoms with van der Waals surface area (Å²) in [5.74, 6) is 0.113. The summed E-state index contributed by atoms with van der Waals surface area (Å²) in [6.07, 6.45) is 1.49. The molecule has 5 aromatic rings. The zero-order valence-electron chi connectivity index (χ0n) is 23.8. The number of methoxy groups -OCH3 is 1. The van der Waals surface area contributed by atoms with Gasteiger partial charge in [0, 0.05) is 27.9 Å². The van der Waals surface area contributed by atoms with Gasteiger partial charge in [0.05, 0.1) is 23.5 Å². The first kappa shape index (κ1) is 30.5. The Morgan fingerprint density at radius 3 is 2.50 bits per heavy atom. The number of carbonyl (C=O) groups is 2. The van der Waals surface area contributed by atoms with Gasteiger partial charge in [-0.15, -0.1) is 11.3 Å². The maximum absolute atomic E-state index is 12.7. The minimum Gasteiger partial charge on any atom is -0.493 e. The minimum absolute atomic E-state index is 0.209. The molecule has 0 saturated heterocycles. The Balaban J connectivity index is 1.16. The lowest BCUT2D eigenvalue weighted by atomic mass is 10.1. The quantitative estimate of drug-likeness (QED) is 0.0997. The lowest BCUT2D eigenvalue weighted by Gasteiger charge is -2.14. The fraction of sp³-hybridized carbons (Fsp3) is 0.0909. The van der Waals surface area contributed by atoms with E-state index in [1.807, 2.05) is 79.0 Å². The number of amides is 2. The van der Waals surface area contributed by atoms with Crippen molar-refractivity contribution < 1.29 is 19.1 Å². The molecule has 11 heteroatoms. The van der Waals surface area contributed by atoms with Crippen molar-refractivity contribution in [1.29, 1.82) is 0 Å². The van der Waals surface area contributed by atoms with Crippen LogP contribution in [0.15, 0.2) is 106 Å². The van der Waals surface area contributed by atoms with Gasteiger partial charge in [-0.25, -0.2) is 10.4 Å². The smallest absolute Gasteiger partial charge is 0.271 e. The summed E-state index contributed by atoms with van der Waals surface area (Å²) in [6.45, 7) is 1.71. The Labute approximate surface area is 267 Å². The van der Waals surface area contributed by atoms with Crippen molar-refractivity contribution in [3.05, 3.63) is 118 Å². The van der Waals surface area contributed by atoms with Gasteiger partial charge in [-0.05, 0) is 76.4 Å². The van der Waals surface area contributed by atoms with Gasteiger partial charge in [0.15, 0.2) is 23.2 Å². The number of ether oxygens (including phenoxy) is 2. The molecule has 0 radical (unpaired) electrons. The van der Waals surface area contributed by atoms with Gasteiger partial charge in [-0.3, -0.25) is 9.59 Å². The molecule has 0 aliphatic rings. The van der Waals surface area contributed by atoms with Gasteiger partial charge in [0.1, 0.15) is 0 Å². The van der Waals surface area contributed by atoms with E-state index in [2.05, 4.69) is 42.1 Å². The van der Waals surface area contributed by atoms with Crippen molar-refractivity contribution in [2.24, 2.45) is 5.10 Å². The van der Waals surface area contributed by atoms with E-state index in [9.17, 15) is 9.59 Å². The summed E-state index contributed by atoms with van der Waals surface area (Å²) < 4.78 is 11.8. The van der Waals surface area contributed by atoms with Crippen LogP contribution < -0.4 is 25.5 Å². The molecule has 0 aliphatic heterocycles. The number of nitrogens with zero attached hydrogens (tertiary/aromatic N) is 2. The maximum Gasteiger partial charge on any atom is 0.271 e. The molecule has 0 saturated carbocycles. The van der Waals surface area contributed by atoms with E-state index >= 15 is 0 Å². The van der Waals surface area contributed by atoms with Crippen LogP contribution >= 0.6 is 27.3 Å². The summed E-state index contributed by atoms with van der Waals surface area (Å²) in [4.78, 5) is 29.8. The van der Waals surface area contributed by atoms with E-state index in [1.165, 1.54) is 24.7 Å². The van der Waals surface area contributed by atoms with Crippen molar-refractivity contribution in [3.8, 4) is 22.8 Å². The number of para-hydroxylation sites is 2. The number of aryl methyl sites for hydroxylation is 1. The lowest BCUT2D eigenvalue weighted by molar-refractivity contribution is -0.118. The predicted molar refractivity (Wildman–Crippen MR) is 178 cm³/mol. The standard InChI is InChI=1S/C33H28BrN5O4S/c1-21-8-6-7-11-27(21)37-30(40)19-43-31-26(34)16-22(17-29(31)42-2)18-35-39-32(41)24-14-12-23(13-15-24)28-20-44-33(38-28)36-25-9-4-3-5-10-25/h3-18,20H,19H2,1-2H3,(H,36,38)(H,37,40)(H,39,41)/b35-18+. The van der Waals surface area contributed by atoms with Crippen molar-refractivity contribution in [1.82, 2.24) is 10.4 Å². The number of rotatable bonds is 11. The van der Waals surface area contributed by atoms with Gasteiger partial charge in [-0.2, -0.15) is 5.10 Å². The van der Waals surface area contributed by atoms with Crippen LogP contribution in [0.4, 0.5) is 16.5 Å². The molecular weight excluding hydrogens is 642 g/mol. The second-order valence-electron chi connectivity index (χ2n) is 9.49. The Hall–Kier alpha value is -5.00. The third-order valence-corrected chi connectivity index (χ3v) is 7.72. The zero-order chi connectivity index (χ0) is 30.9. The van der Waals surface area contributed by atoms with Crippen LogP contribution in [0.25, 0.3) is 11.3 Å². The molecule has 2 amide bonds. The van der Waals surface area contributed by atoms with Crippen LogP contribution in [-0.2, 0) is 4.79 Å². The summed E-state index contributed by atoms with van der Waals surface area (Å²) in [5, 5.41) is 13.0. The van der Waals surface area contributed by atoms with Gasteiger partial charge in [-0.1, -0.05) is 48.5 Å². The van der Waals surface area contributed by atoms with Crippen LogP contribution in [0, 0.1) is 6.92 Å². The fourth-order valence-corrected chi connectivity index (χ4v) is 5.44. The van der Waals surface area contributed by atoms with Crippen LogP contribution in [0.2, 0.25) is 0 Å². The van der Waals surface area contributed by atoms with Crippen molar-refractivity contribution in [2.75, 3.05) is 24.4 Å². The predicted octanol–water partition coefficient (Wildman–Crippen LogP) is 7.41. The molecule has 0 aliphatic carbocycles.